The Morgan fingerprint density at radius 1 is 1.82 bits per heavy atom. The van der Waals surface area contributed by atoms with Crippen LogP contribution in [-0.2, 0) is 9.59 Å². The van der Waals surface area contributed by atoms with Gasteiger partial charge in [-0.1, -0.05) is 13.8 Å². The molecule has 0 amide bonds. The molecule has 0 radical (unpaired) electrons. The monoisotopic (exact) mass is 156 g/mol. The molecular weight excluding hydrogens is 144 g/mol. The van der Waals surface area contributed by atoms with E-state index < -0.39 is 5.60 Å². The maximum Gasteiger partial charge on any atom is 0.181 e. The van der Waals surface area contributed by atoms with E-state index in [0.29, 0.717) is 6.42 Å². The Balaban J connectivity index is 2.72. The van der Waals surface area contributed by atoms with Crippen LogP contribution in [0.1, 0.15) is 26.7 Å². The molecule has 0 aromatic rings. The fourth-order valence-corrected chi connectivity index (χ4v) is 1.46. The molecule has 3 nitrogen and oxygen atoms in total. The minimum Gasteiger partial charge on any atom is -0.374 e. The molecular formula is C8H12O3. The first-order chi connectivity index (χ1) is 5.02. The molecule has 0 aromatic carbocycles. The molecule has 0 bridgehead atoms. The SMILES string of the molecule is CCC(=O)C1(O)CC(C)C1=O. The highest BCUT2D eigenvalue weighted by atomic mass is 16.3. The van der Waals surface area contributed by atoms with Crippen LogP contribution >= 0.6 is 0 Å². The van der Waals surface area contributed by atoms with E-state index in [-0.39, 0.29) is 23.9 Å². The van der Waals surface area contributed by atoms with Crippen LogP contribution in [0.3, 0.4) is 0 Å². The molecule has 1 N–H and O–H groups in total. The predicted molar refractivity (Wildman–Crippen MR) is 39.0 cm³/mol. The van der Waals surface area contributed by atoms with Crippen LogP contribution in [0.25, 0.3) is 0 Å². The minimum atomic E-state index is -1.62. The van der Waals surface area contributed by atoms with Crippen LogP contribution in [0.5, 0.6) is 0 Å². The molecule has 1 saturated carbocycles. The van der Waals surface area contributed by atoms with Crippen molar-refractivity contribution in [3.8, 4) is 0 Å². The highest BCUT2D eigenvalue weighted by Gasteiger charge is 2.54. The van der Waals surface area contributed by atoms with Crippen molar-refractivity contribution in [1.29, 1.82) is 0 Å². The average molecular weight is 156 g/mol. The number of rotatable bonds is 2. The molecule has 3 heteroatoms. The first-order valence-corrected chi connectivity index (χ1v) is 3.82. The number of aliphatic hydroxyl groups is 1. The van der Waals surface area contributed by atoms with E-state index in [1.807, 2.05) is 0 Å². The van der Waals surface area contributed by atoms with Crippen molar-refractivity contribution in [3.05, 3.63) is 0 Å². The molecule has 2 unspecified atom stereocenters. The van der Waals surface area contributed by atoms with Gasteiger partial charge in [0.15, 0.2) is 17.2 Å². The van der Waals surface area contributed by atoms with Gasteiger partial charge in [-0.15, -0.1) is 0 Å². The zero-order chi connectivity index (χ0) is 8.65. The van der Waals surface area contributed by atoms with Gasteiger partial charge >= 0.3 is 0 Å². The van der Waals surface area contributed by atoms with Gasteiger partial charge in [0.05, 0.1) is 0 Å². The second kappa shape index (κ2) is 2.41. The van der Waals surface area contributed by atoms with Crippen molar-refractivity contribution in [1.82, 2.24) is 0 Å². The molecule has 0 aliphatic heterocycles. The van der Waals surface area contributed by atoms with Crippen molar-refractivity contribution in [2.75, 3.05) is 0 Å². The van der Waals surface area contributed by atoms with Gasteiger partial charge in [-0.05, 0) is 6.42 Å². The summed E-state index contributed by atoms with van der Waals surface area (Å²) in [5, 5.41) is 9.42. The second-order valence-corrected chi connectivity index (χ2v) is 3.11. The largest absolute Gasteiger partial charge is 0.374 e. The van der Waals surface area contributed by atoms with Crippen LogP contribution < -0.4 is 0 Å². The summed E-state index contributed by atoms with van der Waals surface area (Å²) in [6, 6.07) is 0. The smallest absolute Gasteiger partial charge is 0.181 e. The van der Waals surface area contributed by atoms with Gasteiger partial charge in [-0.25, -0.2) is 0 Å². The van der Waals surface area contributed by atoms with E-state index in [1.54, 1.807) is 13.8 Å². The van der Waals surface area contributed by atoms with E-state index in [2.05, 4.69) is 0 Å². The normalized spacial score (nSPS) is 36.6. The quantitative estimate of drug-likeness (QED) is 0.585. The highest BCUT2D eigenvalue weighted by molar-refractivity contribution is 6.15. The van der Waals surface area contributed by atoms with Gasteiger partial charge < -0.3 is 5.11 Å². The summed E-state index contributed by atoms with van der Waals surface area (Å²) >= 11 is 0. The van der Waals surface area contributed by atoms with E-state index in [0.717, 1.165) is 0 Å². The van der Waals surface area contributed by atoms with E-state index >= 15 is 0 Å². The Morgan fingerprint density at radius 2 is 2.36 bits per heavy atom. The van der Waals surface area contributed by atoms with E-state index in [1.165, 1.54) is 0 Å². The fourth-order valence-electron chi connectivity index (χ4n) is 1.46. The highest BCUT2D eigenvalue weighted by Crippen LogP contribution is 2.34. The molecule has 2 atom stereocenters. The number of hydrogen-bond acceptors (Lipinski definition) is 3. The fraction of sp³-hybridized carbons (Fsp3) is 0.750. The number of carbonyl (C=O) groups is 2. The first-order valence-electron chi connectivity index (χ1n) is 3.82. The molecule has 1 fully saturated rings. The number of carbonyl (C=O) groups excluding carboxylic acids is 2. The third kappa shape index (κ3) is 0.997. The standard InChI is InChI=1S/C8H12O3/c1-3-6(9)8(11)4-5(2)7(8)10/h5,11H,3-4H2,1-2H3. The van der Waals surface area contributed by atoms with Crippen LogP contribution in [0, 0.1) is 5.92 Å². The molecule has 11 heavy (non-hydrogen) atoms. The van der Waals surface area contributed by atoms with Crippen LogP contribution in [0.2, 0.25) is 0 Å². The summed E-state index contributed by atoms with van der Waals surface area (Å²) in [6.45, 7) is 3.37. The molecule has 0 aromatic heterocycles. The van der Waals surface area contributed by atoms with E-state index in [4.69, 9.17) is 0 Å². The summed E-state index contributed by atoms with van der Waals surface area (Å²) in [7, 11) is 0. The van der Waals surface area contributed by atoms with Crippen molar-refractivity contribution >= 4 is 11.6 Å². The lowest BCUT2D eigenvalue weighted by atomic mass is 9.68. The number of Topliss-reactive ketones (excluding diaryl/α,β-unsaturated/α-hetero) is 2. The van der Waals surface area contributed by atoms with E-state index in [9.17, 15) is 14.7 Å². The van der Waals surface area contributed by atoms with Gasteiger partial charge in [-0.3, -0.25) is 9.59 Å². The zero-order valence-electron chi connectivity index (χ0n) is 6.76. The molecule has 62 valence electrons. The lowest BCUT2D eigenvalue weighted by molar-refractivity contribution is -0.167. The molecule has 1 aliphatic rings. The Kier molecular flexibility index (Phi) is 1.84. The Labute approximate surface area is 65.4 Å². The second-order valence-electron chi connectivity index (χ2n) is 3.11. The van der Waals surface area contributed by atoms with Crippen LogP contribution in [0.15, 0.2) is 0 Å². The van der Waals surface area contributed by atoms with Crippen molar-refractivity contribution < 1.29 is 14.7 Å². The summed E-state index contributed by atoms with van der Waals surface area (Å²) in [5.41, 5.74) is -1.62. The maximum atomic E-state index is 11.0. The molecule has 0 spiro atoms. The number of hydrogen-bond donors (Lipinski definition) is 1. The van der Waals surface area contributed by atoms with Crippen LogP contribution in [-0.4, -0.2) is 22.3 Å². The summed E-state index contributed by atoms with van der Waals surface area (Å²) < 4.78 is 0. The predicted octanol–water partition coefficient (Wildman–Crippen LogP) is 0.305. The molecule has 1 rings (SSSR count). The van der Waals surface area contributed by atoms with Crippen molar-refractivity contribution in [3.63, 3.8) is 0 Å². The average Bonchev–Trinajstić information content (AvgIpc) is 2.02. The Bertz CT molecular complexity index is 199. The van der Waals surface area contributed by atoms with Crippen molar-refractivity contribution in [2.24, 2.45) is 5.92 Å². The topological polar surface area (TPSA) is 54.4 Å². The summed E-state index contributed by atoms with van der Waals surface area (Å²) in [6.07, 6.45) is 0.535. The van der Waals surface area contributed by atoms with Gasteiger partial charge in [0.25, 0.3) is 0 Å². The third-order valence-corrected chi connectivity index (χ3v) is 2.24. The lowest BCUT2D eigenvalue weighted by Crippen LogP contribution is -2.59. The summed E-state index contributed by atoms with van der Waals surface area (Å²) in [5.74, 6) is -0.805. The van der Waals surface area contributed by atoms with Gasteiger partial charge in [0, 0.05) is 12.3 Å². The van der Waals surface area contributed by atoms with Gasteiger partial charge in [0.2, 0.25) is 0 Å². The first kappa shape index (κ1) is 8.40. The maximum absolute atomic E-state index is 11.0. The minimum absolute atomic E-state index is 0.143. The van der Waals surface area contributed by atoms with Crippen molar-refractivity contribution in [2.45, 2.75) is 32.3 Å². The molecule has 1 aliphatic carbocycles. The Morgan fingerprint density at radius 3 is 2.64 bits per heavy atom. The Hall–Kier alpha value is -0.700. The summed E-state index contributed by atoms with van der Waals surface area (Å²) in [4.78, 5) is 22.0. The van der Waals surface area contributed by atoms with Gasteiger partial charge in [-0.2, -0.15) is 0 Å². The molecule has 0 heterocycles. The zero-order valence-corrected chi connectivity index (χ0v) is 6.76. The number of ketones is 2. The van der Waals surface area contributed by atoms with Gasteiger partial charge in [0.1, 0.15) is 0 Å². The lowest BCUT2D eigenvalue weighted by Gasteiger charge is -2.38. The third-order valence-electron chi connectivity index (χ3n) is 2.24. The molecule has 0 saturated heterocycles. The van der Waals surface area contributed by atoms with Crippen LogP contribution in [0.4, 0.5) is 0 Å².